The lowest BCUT2D eigenvalue weighted by molar-refractivity contribution is -0.130. The van der Waals surface area contributed by atoms with E-state index in [2.05, 4.69) is 26.8 Å². The molecule has 13 nitrogen and oxygen atoms in total. The van der Waals surface area contributed by atoms with E-state index in [1.54, 1.807) is 16.0 Å². The number of phenolic OH excluding ortho intramolecular Hbond substituents is 1. The van der Waals surface area contributed by atoms with E-state index in [0.29, 0.717) is 37.2 Å². The molecule has 7 rings (SSSR count). The lowest BCUT2D eigenvalue weighted by atomic mass is 9.81. The van der Waals surface area contributed by atoms with Gasteiger partial charge >= 0.3 is 0 Å². The Bertz CT molecular complexity index is 2630. The highest BCUT2D eigenvalue weighted by molar-refractivity contribution is 7.13. The van der Waals surface area contributed by atoms with Gasteiger partial charge in [0.1, 0.15) is 18.1 Å². The highest BCUT2D eigenvalue weighted by atomic mass is 35.5. The number of thiazole rings is 1. The van der Waals surface area contributed by atoms with Crippen LogP contribution < -0.4 is 15.4 Å². The predicted octanol–water partition coefficient (Wildman–Crippen LogP) is 9.85. The number of carbonyl (C=O) groups excluding carboxylic acids is 2. The number of rotatable bonds is 24. The van der Waals surface area contributed by atoms with Crippen LogP contribution in [0.1, 0.15) is 101 Å². The molecule has 3 heterocycles. The van der Waals surface area contributed by atoms with Crippen LogP contribution in [0.3, 0.4) is 0 Å². The van der Waals surface area contributed by atoms with E-state index in [1.807, 2.05) is 114 Å². The summed E-state index contributed by atoms with van der Waals surface area (Å²) >= 11 is 7.93. The summed E-state index contributed by atoms with van der Waals surface area (Å²) < 4.78 is 34.7. The smallest absolute Gasteiger partial charge is 0.257 e. The van der Waals surface area contributed by atoms with Gasteiger partial charge in [-0.2, -0.15) is 5.10 Å². The Morgan fingerprint density at radius 1 is 0.944 bits per heavy atom. The van der Waals surface area contributed by atoms with Gasteiger partial charge in [-0.25, -0.2) is 9.37 Å². The Labute approximate surface area is 427 Å². The minimum atomic E-state index is -1.82. The number of nitrogens with one attached hydrogen (secondary N) is 2. The maximum Gasteiger partial charge on any atom is 0.257 e. The van der Waals surface area contributed by atoms with Crippen molar-refractivity contribution in [3.63, 3.8) is 0 Å². The van der Waals surface area contributed by atoms with Gasteiger partial charge in [-0.3, -0.25) is 19.2 Å². The van der Waals surface area contributed by atoms with E-state index in [4.69, 9.17) is 25.8 Å². The Balaban J connectivity index is 0.854. The Hall–Kier alpha value is -4.90. The van der Waals surface area contributed by atoms with Crippen LogP contribution in [0.25, 0.3) is 32.8 Å². The van der Waals surface area contributed by atoms with Crippen LogP contribution in [0.5, 0.6) is 11.5 Å². The van der Waals surface area contributed by atoms with Crippen molar-refractivity contribution in [2.75, 3.05) is 39.6 Å². The summed E-state index contributed by atoms with van der Waals surface area (Å²) in [5.74, 6) is 0.0163. The van der Waals surface area contributed by atoms with Gasteiger partial charge in [0.25, 0.3) is 5.91 Å². The molecule has 0 spiro atoms. The molecule has 1 aliphatic carbocycles. The molecule has 2 amide bonds. The fraction of sp³-hybridized carbons (Fsp3) is 0.527. The van der Waals surface area contributed by atoms with Crippen molar-refractivity contribution in [3.8, 4) is 44.3 Å². The first-order valence-corrected chi connectivity index (χ1v) is 26.3. The maximum absolute atomic E-state index is 14.8. The second-order valence-electron chi connectivity index (χ2n) is 20.4. The molecule has 1 unspecified atom stereocenters. The number of hydrogen-bond acceptors (Lipinski definition) is 11. The molecule has 4 N–H and O–H groups in total. The molecule has 3 aromatic carbocycles. The van der Waals surface area contributed by atoms with Crippen molar-refractivity contribution in [2.24, 2.45) is 12.5 Å². The molecule has 16 heteroatoms. The number of hydrogen-bond donors (Lipinski definition) is 4. The molecule has 71 heavy (non-hydrogen) atoms. The van der Waals surface area contributed by atoms with Crippen LogP contribution >= 0.6 is 22.9 Å². The largest absolute Gasteiger partial charge is 0.507 e. The number of aromatic nitrogens is 3. The topological polar surface area (TPSA) is 160 Å². The zero-order valence-electron chi connectivity index (χ0n) is 42.6. The second-order valence-corrected chi connectivity index (χ2v) is 21.7. The molecule has 2 aromatic heterocycles. The summed E-state index contributed by atoms with van der Waals surface area (Å²) in [6.45, 7) is 16.4. The number of ether oxygens (including phenoxy) is 3. The maximum atomic E-state index is 14.8. The number of likely N-dealkylation sites (tertiary alicyclic amines) is 1. The number of phenols is 1. The monoisotopic (exact) mass is 1010 g/mol. The van der Waals surface area contributed by atoms with Gasteiger partial charge in [0.15, 0.2) is 5.67 Å². The third-order valence-corrected chi connectivity index (χ3v) is 15.2. The number of aromatic hydroxyl groups is 1. The summed E-state index contributed by atoms with van der Waals surface area (Å²) in [5.41, 5.74) is 8.54. The molecule has 1 saturated carbocycles. The third kappa shape index (κ3) is 13.6. The van der Waals surface area contributed by atoms with Crippen molar-refractivity contribution < 1.29 is 38.4 Å². The number of benzene rings is 3. The van der Waals surface area contributed by atoms with Crippen molar-refractivity contribution in [1.82, 2.24) is 30.3 Å². The first kappa shape index (κ1) is 53.9. The van der Waals surface area contributed by atoms with E-state index < -0.39 is 35.2 Å². The van der Waals surface area contributed by atoms with E-state index in [9.17, 15) is 24.2 Å². The standard InChI is InChI=1S/C55H72ClFN6O7S/c1-34-27-39(17-19-44(34)56)48-38(16-18-43(49(48)65)45-28-35(2)61-62(45)8)13-11-9-10-12-22-68-23-24-69-25-26-70-47-29-40(50-36(3)59-33-71-50)14-15-41(47)31-58-52(66)46-30-42(64)32-63(46)37(4)51(54(5,6)7)60-53(67)55(57)20-21-55/h14-19,27-29,33,37,42,46,51,64-65H,9-13,20-26,30-32H2,1-8H3,(H,58,66)(H,60,67)/t37?,42-,46+,51-/m1/s1. The van der Waals surface area contributed by atoms with Crippen molar-refractivity contribution in [1.29, 1.82) is 0 Å². The number of β-amino-alcohol motifs (C(OH)–C–C–N with tert-alkyl or cyclic N) is 1. The number of amides is 2. The number of nitrogens with zero attached hydrogens (tertiary/aromatic N) is 4. The number of aryl methyl sites for hydroxylation is 5. The molecule has 0 bridgehead atoms. The van der Waals surface area contributed by atoms with Crippen molar-refractivity contribution in [3.05, 3.63) is 93.2 Å². The zero-order chi connectivity index (χ0) is 51.0. The Kier molecular flexibility index (Phi) is 18.0. The number of aliphatic hydroxyl groups excluding tert-OH is 1. The summed E-state index contributed by atoms with van der Waals surface area (Å²) in [7, 11) is 1.89. The number of halogens is 2. The van der Waals surface area contributed by atoms with Crippen LogP contribution in [0.4, 0.5) is 4.39 Å². The van der Waals surface area contributed by atoms with E-state index >= 15 is 0 Å². The molecule has 2 fully saturated rings. The molecule has 1 saturated heterocycles. The molecule has 0 radical (unpaired) electrons. The summed E-state index contributed by atoms with van der Waals surface area (Å²) in [6, 6.07) is 16.5. The van der Waals surface area contributed by atoms with Gasteiger partial charge in [-0.15, -0.1) is 11.3 Å². The lowest BCUT2D eigenvalue weighted by Gasteiger charge is -2.42. The lowest BCUT2D eigenvalue weighted by Crippen LogP contribution is -2.60. The first-order chi connectivity index (χ1) is 33.8. The number of carbonyl (C=O) groups is 2. The van der Waals surface area contributed by atoms with Crippen LogP contribution in [-0.2, 0) is 39.1 Å². The first-order valence-electron chi connectivity index (χ1n) is 25.0. The fourth-order valence-corrected chi connectivity index (χ4v) is 10.6. The van der Waals surface area contributed by atoms with Gasteiger partial charge in [-0.1, -0.05) is 69.5 Å². The molecule has 384 valence electrons. The van der Waals surface area contributed by atoms with E-state index in [0.717, 1.165) is 93.0 Å². The number of aliphatic hydroxyl groups is 1. The van der Waals surface area contributed by atoms with Gasteiger partial charge < -0.3 is 35.1 Å². The molecule has 1 aliphatic heterocycles. The number of alkyl halides is 1. The van der Waals surface area contributed by atoms with Crippen LogP contribution in [0, 0.1) is 26.2 Å². The minimum absolute atomic E-state index is 0.191. The molecular weight excluding hydrogens is 943 g/mol. The SMILES string of the molecule is Cc1cc(-c2ccc(CCCCCCOCCOCCOc3cc(-c4scnc4C)ccc3CNC(=O)[C@@H]3C[C@@H](O)CN3C(C)[C@@H](NC(=O)C3(F)CC3)C(C)(C)C)c(-c3ccc(Cl)c(C)c3)c2O)n(C)n1. The van der Waals surface area contributed by atoms with Crippen molar-refractivity contribution >= 4 is 34.8 Å². The van der Waals surface area contributed by atoms with Gasteiger partial charge in [0.2, 0.25) is 5.91 Å². The van der Waals surface area contributed by atoms with Crippen molar-refractivity contribution in [2.45, 2.75) is 136 Å². The predicted molar refractivity (Wildman–Crippen MR) is 279 cm³/mol. The summed E-state index contributed by atoms with van der Waals surface area (Å²) in [6.07, 6.45) is 4.73. The normalized spacial score (nSPS) is 17.6. The number of unbranched alkanes of at least 4 members (excludes halogenated alkanes) is 3. The molecule has 2 aliphatic rings. The minimum Gasteiger partial charge on any atom is -0.507 e. The molecule has 5 aromatic rings. The molecule has 4 atom stereocenters. The highest BCUT2D eigenvalue weighted by Crippen LogP contribution is 2.43. The van der Waals surface area contributed by atoms with E-state index in [-0.39, 0.29) is 56.7 Å². The van der Waals surface area contributed by atoms with E-state index in [1.165, 1.54) is 0 Å². The highest BCUT2D eigenvalue weighted by Gasteiger charge is 2.53. The quantitative estimate of drug-likeness (QED) is 0.0439. The van der Waals surface area contributed by atoms with Gasteiger partial charge in [0.05, 0.1) is 59.4 Å². The van der Waals surface area contributed by atoms with Crippen LogP contribution in [0.2, 0.25) is 5.02 Å². The summed E-state index contributed by atoms with van der Waals surface area (Å²) in [4.78, 5) is 34.1. The van der Waals surface area contributed by atoms with Crippen LogP contribution in [0.15, 0.2) is 60.1 Å². The molecular formula is C55H72ClFN6O7S. The summed E-state index contributed by atoms with van der Waals surface area (Å²) in [5, 5.41) is 33.7. The Morgan fingerprint density at radius 3 is 2.32 bits per heavy atom. The second kappa shape index (κ2) is 23.8. The fourth-order valence-electron chi connectivity index (χ4n) is 9.70. The van der Waals surface area contributed by atoms with Crippen LogP contribution in [-0.4, -0.2) is 111 Å². The average molecular weight is 1020 g/mol. The average Bonchev–Trinajstić information content (AvgIpc) is 3.55. The van der Waals surface area contributed by atoms with Gasteiger partial charge in [0, 0.05) is 60.5 Å². The third-order valence-electron chi connectivity index (χ3n) is 13.8. The Morgan fingerprint density at radius 2 is 1.65 bits per heavy atom. The zero-order valence-corrected chi connectivity index (χ0v) is 44.2. The van der Waals surface area contributed by atoms with Gasteiger partial charge in [-0.05, 0) is 124 Å².